The second-order valence-corrected chi connectivity index (χ2v) is 6.56. The molecule has 19 heavy (non-hydrogen) atoms. The summed E-state index contributed by atoms with van der Waals surface area (Å²) in [7, 11) is 0.762. The van der Waals surface area contributed by atoms with E-state index in [0.717, 1.165) is 27.2 Å². The van der Waals surface area contributed by atoms with Gasteiger partial charge in [-0.1, -0.05) is 6.92 Å². The van der Waals surface area contributed by atoms with E-state index in [-0.39, 0.29) is 0 Å². The van der Waals surface area contributed by atoms with E-state index in [0.29, 0.717) is 11.4 Å². The third kappa shape index (κ3) is 3.25. The fourth-order valence-corrected chi connectivity index (χ4v) is 3.92. The Balaban J connectivity index is 2.23. The van der Waals surface area contributed by atoms with E-state index >= 15 is 0 Å². The van der Waals surface area contributed by atoms with E-state index in [1.54, 1.807) is 22.9 Å². The molecule has 1 unspecified atom stereocenters. The highest BCUT2D eigenvalue weighted by atomic mass is 79.9. The molecule has 2 N–H and O–H groups in total. The molecule has 1 atom stereocenters. The zero-order valence-electron chi connectivity index (χ0n) is 10.9. The van der Waals surface area contributed by atoms with Gasteiger partial charge in [0.15, 0.2) is 0 Å². The van der Waals surface area contributed by atoms with Crippen LogP contribution in [0.1, 0.15) is 18.3 Å². The number of anilines is 1. The molecule has 0 aliphatic carbocycles. The van der Waals surface area contributed by atoms with Crippen molar-refractivity contribution in [3.63, 3.8) is 0 Å². The first kappa shape index (κ1) is 14.3. The molecule has 1 aromatic carbocycles. The van der Waals surface area contributed by atoms with Gasteiger partial charge < -0.3 is 5.73 Å². The van der Waals surface area contributed by atoms with Crippen LogP contribution in [-0.2, 0) is 30.0 Å². The first-order valence-corrected chi connectivity index (χ1v) is 8.07. The van der Waals surface area contributed by atoms with Gasteiger partial charge in [-0.25, -0.2) is 0 Å². The molecule has 0 amide bonds. The molecule has 0 spiro atoms. The van der Waals surface area contributed by atoms with Gasteiger partial charge in [-0.05, 0) is 46.6 Å². The quantitative estimate of drug-likeness (QED) is 0.869. The number of hydrogen-bond acceptors (Lipinski definition) is 3. The standard InChI is InChI=1S/C13H16BrN3OS/c1-3-10-7-11(17(2)16-10)8-19(18)13-5-4-9(15)6-12(13)14/h4-7H,3,8,15H2,1-2H3. The van der Waals surface area contributed by atoms with Crippen molar-refractivity contribution >= 4 is 32.4 Å². The topological polar surface area (TPSA) is 60.9 Å². The molecule has 0 aliphatic heterocycles. The number of aryl methyl sites for hydroxylation is 2. The van der Waals surface area contributed by atoms with Crippen LogP contribution < -0.4 is 5.73 Å². The lowest BCUT2D eigenvalue weighted by Gasteiger charge is -2.06. The summed E-state index contributed by atoms with van der Waals surface area (Å²) >= 11 is 3.40. The molecule has 2 rings (SSSR count). The summed E-state index contributed by atoms with van der Waals surface area (Å²) in [5.74, 6) is 0.450. The lowest BCUT2D eigenvalue weighted by Crippen LogP contribution is -2.04. The monoisotopic (exact) mass is 341 g/mol. The fraction of sp³-hybridized carbons (Fsp3) is 0.308. The van der Waals surface area contributed by atoms with E-state index in [9.17, 15) is 4.21 Å². The van der Waals surface area contributed by atoms with Crippen LogP contribution in [-0.4, -0.2) is 14.0 Å². The van der Waals surface area contributed by atoms with Crippen LogP contribution in [0.4, 0.5) is 5.69 Å². The Bertz CT molecular complexity index is 624. The minimum absolute atomic E-state index is 0.450. The molecule has 0 aliphatic rings. The summed E-state index contributed by atoms with van der Waals surface area (Å²) in [6, 6.07) is 7.34. The fourth-order valence-electron chi connectivity index (χ4n) is 1.79. The number of aromatic nitrogens is 2. The van der Waals surface area contributed by atoms with Crippen LogP contribution in [0.15, 0.2) is 33.6 Å². The number of nitrogens with zero attached hydrogens (tertiary/aromatic N) is 2. The largest absolute Gasteiger partial charge is 0.399 e. The highest BCUT2D eigenvalue weighted by Crippen LogP contribution is 2.24. The Kier molecular flexibility index (Phi) is 4.42. The molecule has 0 radical (unpaired) electrons. The number of halogens is 1. The molecule has 0 saturated heterocycles. The van der Waals surface area contributed by atoms with Gasteiger partial charge in [-0.15, -0.1) is 0 Å². The lowest BCUT2D eigenvalue weighted by molar-refractivity contribution is 0.675. The van der Waals surface area contributed by atoms with Crippen molar-refractivity contribution in [3.8, 4) is 0 Å². The Morgan fingerprint density at radius 1 is 1.42 bits per heavy atom. The van der Waals surface area contributed by atoms with Crippen LogP contribution in [0, 0.1) is 0 Å². The number of hydrogen-bond donors (Lipinski definition) is 1. The van der Waals surface area contributed by atoms with Crippen molar-refractivity contribution in [2.75, 3.05) is 5.73 Å². The zero-order valence-corrected chi connectivity index (χ0v) is 13.3. The minimum Gasteiger partial charge on any atom is -0.399 e. The lowest BCUT2D eigenvalue weighted by atomic mass is 10.3. The predicted octanol–water partition coefficient (Wildman–Crippen LogP) is 2.64. The molecule has 6 heteroatoms. The summed E-state index contributed by atoms with van der Waals surface area (Å²) in [6.45, 7) is 2.06. The number of nitrogens with two attached hydrogens (primary N) is 1. The maximum atomic E-state index is 12.4. The SMILES string of the molecule is CCc1cc(CS(=O)c2ccc(N)cc2Br)n(C)n1. The van der Waals surface area contributed by atoms with E-state index in [1.807, 2.05) is 13.1 Å². The predicted molar refractivity (Wildman–Crippen MR) is 81.3 cm³/mol. The maximum Gasteiger partial charge on any atom is 0.0702 e. The third-order valence-corrected chi connectivity index (χ3v) is 5.19. The van der Waals surface area contributed by atoms with Gasteiger partial charge in [0.1, 0.15) is 0 Å². The van der Waals surface area contributed by atoms with Crippen LogP contribution in [0.5, 0.6) is 0 Å². The molecule has 2 aromatic rings. The van der Waals surface area contributed by atoms with Crippen molar-refractivity contribution in [2.24, 2.45) is 7.05 Å². The maximum absolute atomic E-state index is 12.4. The van der Waals surface area contributed by atoms with Crippen LogP contribution in [0.25, 0.3) is 0 Å². The average molecular weight is 342 g/mol. The molecule has 0 saturated carbocycles. The second kappa shape index (κ2) is 5.88. The van der Waals surface area contributed by atoms with Crippen molar-refractivity contribution in [2.45, 2.75) is 24.0 Å². The smallest absolute Gasteiger partial charge is 0.0702 e. The van der Waals surface area contributed by atoms with Gasteiger partial charge in [-0.2, -0.15) is 5.10 Å². The van der Waals surface area contributed by atoms with E-state index in [2.05, 4.69) is 28.0 Å². The van der Waals surface area contributed by atoms with Crippen LogP contribution in [0.3, 0.4) is 0 Å². The summed E-state index contributed by atoms with van der Waals surface area (Å²) in [6.07, 6.45) is 0.881. The molecule has 0 bridgehead atoms. The first-order chi connectivity index (χ1) is 9.01. The molecule has 0 fully saturated rings. The molecule has 1 heterocycles. The number of benzene rings is 1. The van der Waals surface area contributed by atoms with Gasteiger partial charge in [0, 0.05) is 17.2 Å². The Labute approximate surface area is 123 Å². The molecule has 1 aromatic heterocycles. The van der Waals surface area contributed by atoms with Gasteiger partial charge in [0.25, 0.3) is 0 Å². The van der Waals surface area contributed by atoms with Gasteiger partial charge in [-0.3, -0.25) is 8.89 Å². The normalized spacial score (nSPS) is 12.6. The van der Waals surface area contributed by atoms with Crippen molar-refractivity contribution < 1.29 is 4.21 Å². The average Bonchev–Trinajstić information content (AvgIpc) is 2.70. The molecular weight excluding hydrogens is 326 g/mol. The minimum atomic E-state index is -1.12. The van der Waals surface area contributed by atoms with E-state index in [4.69, 9.17) is 5.73 Å². The van der Waals surface area contributed by atoms with Crippen molar-refractivity contribution in [1.82, 2.24) is 9.78 Å². The van der Waals surface area contributed by atoms with Gasteiger partial charge >= 0.3 is 0 Å². The highest BCUT2D eigenvalue weighted by molar-refractivity contribution is 9.10. The molecule has 4 nitrogen and oxygen atoms in total. The summed E-state index contributed by atoms with van der Waals surface area (Å²) in [4.78, 5) is 0.758. The number of rotatable bonds is 4. The third-order valence-electron chi connectivity index (χ3n) is 2.87. The zero-order chi connectivity index (χ0) is 14.0. The molecular formula is C13H16BrN3OS. The van der Waals surface area contributed by atoms with Gasteiger partial charge in [0.2, 0.25) is 0 Å². The van der Waals surface area contributed by atoms with E-state index < -0.39 is 10.8 Å². The van der Waals surface area contributed by atoms with E-state index in [1.165, 1.54) is 0 Å². The van der Waals surface area contributed by atoms with Crippen LogP contribution in [0.2, 0.25) is 0 Å². The summed E-state index contributed by atoms with van der Waals surface area (Å²) in [5, 5.41) is 4.36. The van der Waals surface area contributed by atoms with Crippen molar-refractivity contribution in [1.29, 1.82) is 0 Å². The first-order valence-electron chi connectivity index (χ1n) is 5.96. The molecule has 102 valence electrons. The second-order valence-electron chi connectivity index (χ2n) is 4.28. The number of nitrogen functional groups attached to an aromatic ring is 1. The Morgan fingerprint density at radius 3 is 2.74 bits per heavy atom. The summed E-state index contributed by atoms with van der Waals surface area (Å²) in [5.41, 5.74) is 8.33. The highest BCUT2D eigenvalue weighted by Gasteiger charge is 2.12. The van der Waals surface area contributed by atoms with Crippen LogP contribution >= 0.6 is 15.9 Å². The summed E-state index contributed by atoms with van der Waals surface area (Å²) < 4.78 is 15.0. The Hall–Kier alpha value is -1.14. The van der Waals surface area contributed by atoms with Crippen molar-refractivity contribution in [3.05, 3.63) is 40.1 Å². The van der Waals surface area contributed by atoms with Gasteiger partial charge in [0.05, 0.1) is 32.8 Å². The Morgan fingerprint density at radius 2 is 2.16 bits per heavy atom.